The van der Waals surface area contributed by atoms with E-state index >= 15 is 0 Å². The van der Waals surface area contributed by atoms with Crippen LogP contribution in [0, 0.1) is 17.2 Å². The predicted molar refractivity (Wildman–Crippen MR) is 162 cm³/mol. The molecule has 1 saturated carbocycles. The zero-order chi connectivity index (χ0) is 28.6. The van der Waals surface area contributed by atoms with Gasteiger partial charge < -0.3 is 14.5 Å². The predicted octanol–water partition coefficient (Wildman–Crippen LogP) is 3.81. The van der Waals surface area contributed by atoms with Gasteiger partial charge in [0.25, 0.3) is 0 Å². The molecule has 222 valence electrons. The molecule has 1 aliphatic carbocycles. The molecule has 1 aromatic carbocycles. The molecule has 6 rings (SSSR count). The second-order valence-corrected chi connectivity index (χ2v) is 14.5. The van der Waals surface area contributed by atoms with Crippen molar-refractivity contribution < 1.29 is 9.53 Å². The number of piperazine rings is 1. The summed E-state index contributed by atoms with van der Waals surface area (Å²) >= 11 is 8.44. The first kappa shape index (κ1) is 29.4. The number of aryl methyl sites for hydroxylation is 1. The van der Waals surface area contributed by atoms with Gasteiger partial charge in [-0.05, 0) is 82.3 Å². The van der Waals surface area contributed by atoms with Gasteiger partial charge in [0, 0.05) is 52.3 Å². The number of thioether (sulfide) groups is 1. The van der Waals surface area contributed by atoms with Crippen LogP contribution in [0.4, 0.5) is 0 Å². The Labute approximate surface area is 253 Å². The number of ether oxygens (including phenoxy) is 1. The van der Waals surface area contributed by atoms with Gasteiger partial charge in [-0.15, -0.1) is 11.8 Å². The van der Waals surface area contributed by atoms with Gasteiger partial charge in [0.05, 0.1) is 31.3 Å². The van der Waals surface area contributed by atoms with Crippen LogP contribution in [0.15, 0.2) is 35.7 Å². The summed E-state index contributed by atoms with van der Waals surface area (Å²) in [5, 5.41) is 18.1. The lowest BCUT2D eigenvalue weighted by Crippen LogP contribution is -2.72. The van der Waals surface area contributed by atoms with Crippen LogP contribution in [-0.4, -0.2) is 95.8 Å². The van der Waals surface area contributed by atoms with E-state index < -0.39 is 0 Å². The van der Waals surface area contributed by atoms with Gasteiger partial charge in [0.15, 0.2) is 6.35 Å². The Balaban J connectivity index is 1.21. The van der Waals surface area contributed by atoms with Crippen molar-refractivity contribution in [3.63, 3.8) is 0 Å². The van der Waals surface area contributed by atoms with Crippen LogP contribution in [0.25, 0.3) is 0 Å². The fourth-order valence-electron chi connectivity index (χ4n) is 7.85. The fourth-order valence-corrected chi connectivity index (χ4v) is 9.73. The number of benzene rings is 1. The maximum absolute atomic E-state index is 12.6. The second-order valence-electron chi connectivity index (χ2n) is 12.6. The molecule has 1 aromatic rings. The van der Waals surface area contributed by atoms with Gasteiger partial charge in [0.2, 0.25) is 5.91 Å². The van der Waals surface area contributed by atoms with Gasteiger partial charge in [-0.2, -0.15) is 5.26 Å². The Morgan fingerprint density at radius 1 is 1.27 bits per heavy atom. The lowest BCUT2D eigenvalue weighted by atomic mass is 9.73. The highest BCUT2D eigenvalue weighted by Crippen LogP contribution is 2.53. The van der Waals surface area contributed by atoms with Crippen LogP contribution in [0.5, 0.6) is 0 Å². The topological polar surface area (TPSA) is 83.9 Å². The van der Waals surface area contributed by atoms with Gasteiger partial charge in [-0.1, -0.05) is 24.2 Å². The lowest BCUT2D eigenvalue weighted by molar-refractivity contribution is -0.135. The van der Waals surface area contributed by atoms with E-state index in [9.17, 15) is 10.1 Å². The Hall–Kier alpha value is -1.64. The standard InChI is InChI=1S/C31H43ClN6O2S/c1-3-28(39)38-16-15-37(19-23(38)10-13-33)29-25-9-12-31(11-8-21-6-7-22(32)17-27(21)41-31)18-26(25)34-30(35-29)40-20-24-5-4-14-36(24)2/h3,6-7,17,23-26,29-30,34-35H,1,4-5,8-12,14-16,18-20H2,2H3/t23?,24?,25?,26?,29?,30?,31-/m1/s1. The van der Waals surface area contributed by atoms with Gasteiger partial charge in [-0.25, -0.2) is 0 Å². The summed E-state index contributed by atoms with van der Waals surface area (Å²) in [5.41, 5.74) is 1.42. The molecular formula is C31H43ClN6O2S. The molecule has 3 saturated heterocycles. The number of rotatable bonds is 6. The molecule has 0 aromatic heterocycles. The average molecular weight is 599 g/mol. The summed E-state index contributed by atoms with van der Waals surface area (Å²) in [6, 6.07) is 9.31. The molecule has 4 aliphatic heterocycles. The van der Waals surface area contributed by atoms with Gasteiger partial charge in [-0.3, -0.25) is 20.3 Å². The maximum atomic E-state index is 12.6. The van der Waals surface area contributed by atoms with Crippen LogP contribution >= 0.6 is 23.4 Å². The van der Waals surface area contributed by atoms with Crippen molar-refractivity contribution in [1.82, 2.24) is 25.3 Å². The highest BCUT2D eigenvalue weighted by molar-refractivity contribution is 8.00. The first-order valence-corrected chi connectivity index (χ1v) is 16.4. The summed E-state index contributed by atoms with van der Waals surface area (Å²) in [7, 11) is 2.19. The molecule has 0 radical (unpaired) electrons. The molecule has 7 atom stereocenters. The molecule has 10 heteroatoms. The molecular weight excluding hydrogens is 556 g/mol. The zero-order valence-electron chi connectivity index (χ0n) is 24.1. The SMILES string of the molecule is C=CC(=O)N1CCN(C2NC(OCC3CCCN3C)NC3C[C@@]4(CCc5ccc(Cl)cc5S4)CCC32)CC1CC#N. The number of halogens is 1. The number of likely N-dealkylation sites (tertiary alicyclic amines) is 1. The number of nitrogens with one attached hydrogen (secondary N) is 2. The number of hydrogen-bond acceptors (Lipinski definition) is 8. The summed E-state index contributed by atoms with van der Waals surface area (Å²) in [5.74, 6) is 0.331. The van der Waals surface area contributed by atoms with Crippen molar-refractivity contribution in [2.75, 3.05) is 39.8 Å². The largest absolute Gasteiger partial charge is 0.348 e. The third-order valence-electron chi connectivity index (χ3n) is 10.2. The molecule has 0 bridgehead atoms. The minimum Gasteiger partial charge on any atom is -0.348 e. The highest BCUT2D eigenvalue weighted by Gasteiger charge is 2.50. The molecule has 1 amide bonds. The number of hydrogen-bond donors (Lipinski definition) is 2. The van der Waals surface area contributed by atoms with Gasteiger partial charge >= 0.3 is 0 Å². The Kier molecular flexibility index (Phi) is 9.00. The number of carbonyl (C=O) groups excluding carboxylic acids is 1. The maximum Gasteiger partial charge on any atom is 0.246 e. The average Bonchev–Trinajstić information content (AvgIpc) is 3.39. The third kappa shape index (κ3) is 6.21. The van der Waals surface area contributed by atoms with Crippen molar-refractivity contribution in [2.45, 2.75) is 91.7 Å². The number of amides is 1. The molecule has 8 nitrogen and oxygen atoms in total. The van der Waals surface area contributed by atoms with Crippen molar-refractivity contribution in [1.29, 1.82) is 5.26 Å². The normalized spacial score (nSPS) is 36.0. The zero-order valence-corrected chi connectivity index (χ0v) is 25.6. The summed E-state index contributed by atoms with van der Waals surface area (Å²) in [6.45, 7) is 7.57. The Morgan fingerprint density at radius 2 is 2.15 bits per heavy atom. The van der Waals surface area contributed by atoms with Crippen molar-refractivity contribution in [3.8, 4) is 6.07 Å². The number of nitriles is 1. The first-order valence-electron chi connectivity index (χ1n) is 15.2. The van der Waals surface area contributed by atoms with Gasteiger partial charge in [0.1, 0.15) is 0 Å². The van der Waals surface area contributed by atoms with E-state index in [0.29, 0.717) is 44.1 Å². The number of fused-ring (bicyclic) bond motifs is 2. The van der Waals surface area contributed by atoms with E-state index in [1.54, 1.807) is 0 Å². The fraction of sp³-hybridized carbons (Fsp3) is 0.677. The smallest absolute Gasteiger partial charge is 0.246 e. The molecule has 1 spiro atoms. The molecule has 41 heavy (non-hydrogen) atoms. The van der Waals surface area contributed by atoms with Crippen LogP contribution < -0.4 is 10.6 Å². The lowest BCUT2D eigenvalue weighted by Gasteiger charge is -2.56. The monoisotopic (exact) mass is 598 g/mol. The summed E-state index contributed by atoms with van der Waals surface area (Å²) in [6.07, 6.45) is 9.64. The highest BCUT2D eigenvalue weighted by atomic mass is 35.5. The first-order chi connectivity index (χ1) is 19.9. The number of carbonyl (C=O) groups is 1. The van der Waals surface area contributed by atoms with E-state index in [1.807, 2.05) is 22.7 Å². The van der Waals surface area contributed by atoms with Crippen LogP contribution in [0.1, 0.15) is 50.5 Å². The van der Waals surface area contributed by atoms with Crippen molar-refractivity contribution in [3.05, 3.63) is 41.4 Å². The minimum atomic E-state index is -0.233. The molecule has 4 fully saturated rings. The van der Waals surface area contributed by atoms with Crippen molar-refractivity contribution >= 4 is 29.3 Å². The molecule has 4 heterocycles. The van der Waals surface area contributed by atoms with E-state index in [4.69, 9.17) is 16.3 Å². The van der Waals surface area contributed by atoms with Crippen LogP contribution in [0.3, 0.4) is 0 Å². The third-order valence-corrected chi connectivity index (χ3v) is 12.0. The minimum absolute atomic E-state index is 0.0859. The van der Waals surface area contributed by atoms with E-state index in [-0.39, 0.29) is 29.2 Å². The summed E-state index contributed by atoms with van der Waals surface area (Å²) in [4.78, 5) is 20.6. The second kappa shape index (κ2) is 12.5. The number of likely N-dealkylation sites (N-methyl/N-ethyl adjacent to an activating group) is 1. The van der Waals surface area contributed by atoms with Crippen molar-refractivity contribution in [2.24, 2.45) is 5.92 Å². The Morgan fingerprint density at radius 3 is 2.93 bits per heavy atom. The molecule has 5 aliphatic rings. The van der Waals surface area contributed by atoms with Crippen LogP contribution in [0.2, 0.25) is 5.02 Å². The molecule has 6 unspecified atom stereocenters. The van der Waals surface area contributed by atoms with E-state index in [0.717, 1.165) is 37.4 Å². The van der Waals surface area contributed by atoms with E-state index in [1.165, 1.54) is 42.2 Å². The quantitative estimate of drug-likeness (QED) is 0.479. The Bertz CT molecular complexity index is 1180. The molecule has 2 N–H and O–H groups in total. The van der Waals surface area contributed by atoms with E-state index in [2.05, 4.69) is 52.3 Å². The summed E-state index contributed by atoms with van der Waals surface area (Å²) < 4.78 is 6.76. The number of nitrogens with zero attached hydrogens (tertiary/aromatic N) is 4. The van der Waals surface area contributed by atoms with Crippen LogP contribution in [-0.2, 0) is 16.0 Å².